The minimum absolute atomic E-state index is 0.00299. The van der Waals surface area contributed by atoms with E-state index in [0.717, 1.165) is 11.4 Å². The highest BCUT2D eigenvalue weighted by Crippen LogP contribution is 2.31. The Balaban J connectivity index is 1.58. The second-order valence-electron chi connectivity index (χ2n) is 7.46. The van der Waals surface area contributed by atoms with Crippen molar-refractivity contribution in [3.8, 4) is 11.4 Å². The minimum Gasteiger partial charge on any atom is -0.481 e. The highest BCUT2D eigenvalue weighted by atomic mass is 35.5. The number of amides is 1. The van der Waals surface area contributed by atoms with Crippen molar-refractivity contribution in [2.24, 2.45) is 0 Å². The maximum atomic E-state index is 13.0. The van der Waals surface area contributed by atoms with Crippen LogP contribution in [0.5, 0.6) is 5.75 Å². The number of nitrogens with zero attached hydrogens (tertiary/aromatic N) is 4. The monoisotopic (exact) mass is 492 g/mol. The molecular formula is C26H25ClN4O2S. The first kappa shape index (κ1) is 23.9. The van der Waals surface area contributed by atoms with Crippen LogP contribution in [0.2, 0.25) is 5.02 Å². The molecular weight excluding hydrogens is 468 g/mol. The summed E-state index contributed by atoms with van der Waals surface area (Å²) in [5.41, 5.74) is 1.77. The van der Waals surface area contributed by atoms with Crippen molar-refractivity contribution in [1.82, 2.24) is 14.8 Å². The highest BCUT2D eigenvalue weighted by Gasteiger charge is 2.23. The lowest BCUT2D eigenvalue weighted by Gasteiger charge is -2.21. The fraction of sp³-hybridized carbons (Fsp3) is 0.192. The Labute approximate surface area is 208 Å². The largest absolute Gasteiger partial charge is 0.481 e. The van der Waals surface area contributed by atoms with Crippen LogP contribution in [0.25, 0.3) is 5.69 Å². The Morgan fingerprint density at radius 3 is 2.32 bits per heavy atom. The summed E-state index contributed by atoms with van der Waals surface area (Å²) in [5, 5.41) is 9.97. The number of hydrogen-bond acceptors (Lipinski definition) is 5. The van der Waals surface area contributed by atoms with Gasteiger partial charge in [-0.1, -0.05) is 71.9 Å². The van der Waals surface area contributed by atoms with Crippen molar-refractivity contribution in [2.75, 3.05) is 17.2 Å². The van der Waals surface area contributed by atoms with Gasteiger partial charge in [0.1, 0.15) is 5.75 Å². The molecule has 0 fully saturated rings. The Bertz CT molecular complexity index is 1230. The number of carbonyl (C=O) groups is 1. The van der Waals surface area contributed by atoms with Gasteiger partial charge in [0.25, 0.3) is 0 Å². The van der Waals surface area contributed by atoms with Gasteiger partial charge in [-0.3, -0.25) is 9.36 Å². The van der Waals surface area contributed by atoms with Crippen molar-refractivity contribution >= 4 is 35.0 Å². The molecule has 3 aromatic carbocycles. The zero-order valence-corrected chi connectivity index (χ0v) is 20.5. The Hall–Kier alpha value is -3.29. The predicted molar refractivity (Wildman–Crippen MR) is 137 cm³/mol. The fourth-order valence-electron chi connectivity index (χ4n) is 3.56. The van der Waals surface area contributed by atoms with E-state index in [1.807, 2.05) is 97.3 Å². The van der Waals surface area contributed by atoms with E-state index in [0.29, 0.717) is 28.3 Å². The summed E-state index contributed by atoms with van der Waals surface area (Å²) in [4.78, 5) is 14.8. The number of ether oxygens (including phenoxy) is 1. The molecule has 1 aromatic heterocycles. The standard InChI is InChI=1S/C26H25ClN4O2S/c1-3-30(20-12-6-4-7-13-20)24(32)18-34-26-29-28-25(31(26)21-14-8-5-9-15-21)19(2)33-23-17-11-10-16-22(23)27/h4-17,19H,3,18H2,1-2H3. The normalized spacial score (nSPS) is 11.7. The molecule has 0 aliphatic heterocycles. The van der Waals surface area contributed by atoms with Crippen LogP contribution in [-0.2, 0) is 4.79 Å². The maximum Gasteiger partial charge on any atom is 0.237 e. The van der Waals surface area contributed by atoms with Gasteiger partial charge >= 0.3 is 0 Å². The topological polar surface area (TPSA) is 60.3 Å². The fourth-order valence-corrected chi connectivity index (χ4v) is 4.57. The molecule has 1 amide bonds. The number of thioether (sulfide) groups is 1. The van der Waals surface area contributed by atoms with Gasteiger partial charge < -0.3 is 9.64 Å². The Kier molecular flexibility index (Phi) is 7.87. The van der Waals surface area contributed by atoms with Crippen LogP contribution in [0, 0.1) is 0 Å². The molecule has 4 aromatic rings. The third-order valence-electron chi connectivity index (χ3n) is 5.19. The molecule has 0 aliphatic rings. The van der Waals surface area contributed by atoms with Gasteiger partial charge in [-0.05, 0) is 50.2 Å². The number of aromatic nitrogens is 3. The van der Waals surface area contributed by atoms with E-state index in [-0.39, 0.29) is 11.7 Å². The lowest BCUT2D eigenvalue weighted by Crippen LogP contribution is -2.32. The summed E-state index contributed by atoms with van der Waals surface area (Å²) in [5.74, 6) is 1.43. The van der Waals surface area contributed by atoms with Crippen LogP contribution in [0.1, 0.15) is 25.8 Å². The minimum atomic E-state index is -0.422. The predicted octanol–water partition coefficient (Wildman–Crippen LogP) is 6.21. The molecule has 0 N–H and O–H groups in total. The van der Waals surface area contributed by atoms with Gasteiger partial charge in [-0.2, -0.15) is 0 Å². The molecule has 174 valence electrons. The third kappa shape index (κ3) is 5.43. The summed E-state index contributed by atoms with van der Waals surface area (Å²) < 4.78 is 8.03. The second kappa shape index (κ2) is 11.2. The van der Waals surface area contributed by atoms with Crippen LogP contribution < -0.4 is 9.64 Å². The lowest BCUT2D eigenvalue weighted by molar-refractivity contribution is -0.116. The number of carbonyl (C=O) groups excluding carboxylic acids is 1. The Morgan fingerprint density at radius 2 is 1.65 bits per heavy atom. The molecule has 0 saturated carbocycles. The highest BCUT2D eigenvalue weighted by molar-refractivity contribution is 7.99. The molecule has 0 saturated heterocycles. The summed E-state index contributed by atoms with van der Waals surface area (Å²) in [6.45, 7) is 4.46. The summed E-state index contributed by atoms with van der Waals surface area (Å²) in [7, 11) is 0. The van der Waals surface area contributed by atoms with Crippen LogP contribution >= 0.6 is 23.4 Å². The molecule has 6 nitrogen and oxygen atoms in total. The molecule has 0 bridgehead atoms. The number of halogens is 1. The first-order valence-electron chi connectivity index (χ1n) is 11.0. The average Bonchev–Trinajstić information content (AvgIpc) is 3.30. The molecule has 1 atom stereocenters. The van der Waals surface area contributed by atoms with E-state index in [2.05, 4.69) is 10.2 Å². The van der Waals surface area contributed by atoms with E-state index in [1.165, 1.54) is 11.8 Å². The average molecular weight is 493 g/mol. The summed E-state index contributed by atoms with van der Waals surface area (Å²) in [6.07, 6.45) is -0.422. The van der Waals surface area contributed by atoms with Crippen LogP contribution in [-0.4, -0.2) is 33.0 Å². The molecule has 0 radical (unpaired) electrons. The molecule has 0 aliphatic carbocycles. The third-order valence-corrected chi connectivity index (χ3v) is 6.41. The molecule has 1 unspecified atom stereocenters. The summed E-state index contributed by atoms with van der Waals surface area (Å²) >= 11 is 7.63. The molecule has 0 spiro atoms. The Morgan fingerprint density at radius 1 is 1.00 bits per heavy atom. The molecule has 8 heteroatoms. The quantitative estimate of drug-likeness (QED) is 0.260. The van der Waals surface area contributed by atoms with Crippen LogP contribution in [0.4, 0.5) is 5.69 Å². The number of rotatable bonds is 9. The second-order valence-corrected chi connectivity index (χ2v) is 8.81. The van der Waals surface area contributed by atoms with Crippen molar-refractivity contribution in [2.45, 2.75) is 25.1 Å². The van der Waals surface area contributed by atoms with E-state index in [9.17, 15) is 4.79 Å². The lowest BCUT2D eigenvalue weighted by atomic mass is 10.3. The van der Waals surface area contributed by atoms with Gasteiger partial charge in [0.05, 0.1) is 10.8 Å². The van der Waals surface area contributed by atoms with Gasteiger partial charge in [0.2, 0.25) is 5.91 Å². The van der Waals surface area contributed by atoms with Gasteiger partial charge in [0.15, 0.2) is 17.1 Å². The van der Waals surface area contributed by atoms with Gasteiger partial charge in [-0.25, -0.2) is 0 Å². The molecule has 1 heterocycles. The first-order chi connectivity index (χ1) is 16.6. The van der Waals surface area contributed by atoms with Gasteiger partial charge in [-0.15, -0.1) is 10.2 Å². The number of hydrogen-bond donors (Lipinski definition) is 0. The number of benzene rings is 3. The number of anilines is 1. The van der Waals surface area contributed by atoms with Gasteiger partial charge in [0, 0.05) is 17.9 Å². The zero-order valence-electron chi connectivity index (χ0n) is 19.0. The number of para-hydroxylation sites is 3. The smallest absolute Gasteiger partial charge is 0.237 e. The maximum absolute atomic E-state index is 13.0. The van der Waals surface area contributed by atoms with Crippen LogP contribution in [0.15, 0.2) is 90.1 Å². The van der Waals surface area contributed by atoms with E-state index < -0.39 is 6.10 Å². The van der Waals surface area contributed by atoms with Crippen molar-refractivity contribution in [3.63, 3.8) is 0 Å². The molecule has 4 rings (SSSR count). The van der Waals surface area contributed by atoms with E-state index >= 15 is 0 Å². The van der Waals surface area contributed by atoms with Crippen molar-refractivity contribution in [3.05, 3.63) is 95.8 Å². The first-order valence-corrected chi connectivity index (χ1v) is 12.3. The van der Waals surface area contributed by atoms with E-state index in [4.69, 9.17) is 16.3 Å². The van der Waals surface area contributed by atoms with E-state index in [1.54, 1.807) is 11.0 Å². The molecule has 34 heavy (non-hydrogen) atoms. The SMILES string of the molecule is CCN(C(=O)CSc1nnc(C(C)Oc2ccccc2Cl)n1-c1ccccc1)c1ccccc1. The van der Waals surface area contributed by atoms with Crippen LogP contribution in [0.3, 0.4) is 0 Å². The zero-order chi connectivity index (χ0) is 23.9. The van der Waals surface area contributed by atoms with Crippen molar-refractivity contribution < 1.29 is 9.53 Å². The van der Waals surface area contributed by atoms with Crippen molar-refractivity contribution in [1.29, 1.82) is 0 Å². The summed E-state index contributed by atoms with van der Waals surface area (Å²) in [6, 6.07) is 26.8.